The van der Waals surface area contributed by atoms with Crippen LogP contribution >= 0.6 is 0 Å². The van der Waals surface area contributed by atoms with Gasteiger partial charge < -0.3 is 14.8 Å². The number of carbonyl (C=O) groups is 3. The molecule has 3 amide bonds. The Kier molecular flexibility index (Phi) is 5.94. The standard InChI is InChI=1S/C27H25N3O5/c1-16(25(31)30-14-13-28-27(30)33)35-26(32)23-20-5-3-4-6-22(20)29-24-18(9-12-21(23)24)15-17-7-10-19(34-2)11-8-17/h3-8,10-11,15-16H,9,12-14H2,1-2H3,(H,28,33)/b18-15+. The van der Waals surface area contributed by atoms with Gasteiger partial charge in [-0.25, -0.2) is 14.6 Å². The summed E-state index contributed by atoms with van der Waals surface area (Å²) in [6.45, 7) is 2.13. The average molecular weight is 472 g/mol. The highest BCUT2D eigenvalue weighted by Crippen LogP contribution is 2.38. The van der Waals surface area contributed by atoms with Gasteiger partial charge in [-0.3, -0.25) is 9.69 Å². The number of ether oxygens (including phenoxy) is 2. The zero-order chi connectivity index (χ0) is 24.5. The maximum atomic E-state index is 13.4. The molecule has 1 aliphatic carbocycles. The van der Waals surface area contributed by atoms with Crippen LogP contribution in [0.25, 0.3) is 22.6 Å². The number of para-hydroxylation sites is 1. The van der Waals surface area contributed by atoms with E-state index in [-0.39, 0.29) is 6.54 Å². The summed E-state index contributed by atoms with van der Waals surface area (Å²) >= 11 is 0. The molecule has 1 saturated heterocycles. The molecule has 178 valence electrons. The van der Waals surface area contributed by atoms with Gasteiger partial charge in [0.05, 0.1) is 23.9 Å². The molecule has 5 rings (SSSR count). The molecule has 0 saturated carbocycles. The first-order valence-corrected chi connectivity index (χ1v) is 11.5. The summed E-state index contributed by atoms with van der Waals surface area (Å²) in [4.78, 5) is 43.9. The molecule has 0 bridgehead atoms. The first-order chi connectivity index (χ1) is 17.0. The number of hydrogen-bond donors (Lipinski definition) is 1. The Bertz CT molecular complexity index is 1360. The molecule has 1 unspecified atom stereocenters. The lowest BCUT2D eigenvalue weighted by molar-refractivity contribution is -0.136. The van der Waals surface area contributed by atoms with E-state index in [1.54, 1.807) is 7.11 Å². The molecule has 1 aliphatic heterocycles. The zero-order valence-corrected chi connectivity index (χ0v) is 19.5. The summed E-state index contributed by atoms with van der Waals surface area (Å²) in [5, 5.41) is 3.26. The summed E-state index contributed by atoms with van der Waals surface area (Å²) in [7, 11) is 1.63. The van der Waals surface area contributed by atoms with E-state index in [4.69, 9.17) is 14.5 Å². The monoisotopic (exact) mass is 471 g/mol. The van der Waals surface area contributed by atoms with Gasteiger partial charge in [-0.15, -0.1) is 0 Å². The van der Waals surface area contributed by atoms with Crippen LogP contribution in [0.2, 0.25) is 0 Å². The van der Waals surface area contributed by atoms with Crippen LogP contribution in [0, 0.1) is 0 Å². The second kappa shape index (κ2) is 9.21. The molecular formula is C27H25N3O5. The van der Waals surface area contributed by atoms with E-state index in [9.17, 15) is 14.4 Å². The molecule has 8 heteroatoms. The molecule has 1 fully saturated rings. The van der Waals surface area contributed by atoms with Crippen molar-refractivity contribution < 1.29 is 23.9 Å². The van der Waals surface area contributed by atoms with Crippen molar-refractivity contribution in [2.75, 3.05) is 20.2 Å². The second-order valence-electron chi connectivity index (χ2n) is 8.54. The van der Waals surface area contributed by atoms with Crippen molar-refractivity contribution >= 4 is 40.5 Å². The minimum Gasteiger partial charge on any atom is -0.497 e. The Hall–Kier alpha value is -4.20. The third-order valence-corrected chi connectivity index (χ3v) is 6.36. The predicted molar refractivity (Wildman–Crippen MR) is 131 cm³/mol. The average Bonchev–Trinajstić information content (AvgIpc) is 3.48. The maximum absolute atomic E-state index is 13.4. The van der Waals surface area contributed by atoms with E-state index in [2.05, 4.69) is 11.4 Å². The molecule has 2 aliphatic rings. The Morgan fingerprint density at radius 3 is 2.60 bits per heavy atom. The Morgan fingerprint density at radius 1 is 1.11 bits per heavy atom. The Labute approximate surface area is 202 Å². The third-order valence-electron chi connectivity index (χ3n) is 6.36. The van der Waals surface area contributed by atoms with Crippen molar-refractivity contribution in [1.82, 2.24) is 15.2 Å². The minimum absolute atomic E-state index is 0.257. The van der Waals surface area contributed by atoms with Crippen LogP contribution in [0.1, 0.15) is 40.5 Å². The highest BCUT2D eigenvalue weighted by molar-refractivity contribution is 6.08. The van der Waals surface area contributed by atoms with Gasteiger partial charge in [0.15, 0.2) is 6.10 Å². The fourth-order valence-corrected chi connectivity index (χ4v) is 4.58. The number of amides is 3. The lowest BCUT2D eigenvalue weighted by Crippen LogP contribution is -2.41. The number of imide groups is 1. The Balaban J connectivity index is 1.50. The van der Waals surface area contributed by atoms with Gasteiger partial charge in [0.1, 0.15) is 5.75 Å². The molecule has 0 spiro atoms. The molecular weight excluding hydrogens is 446 g/mol. The van der Waals surface area contributed by atoms with Crippen molar-refractivity contribution in [1.29, 1.82) is 0 Å². The van der Waals surface area contributed by atoms with Gasteiger partial charge >= 0.3 is 12.0 Å². The lowest BCUT2D eigenvalue weighted by Gasteiger charge is -2.19. The molecule has 1 aromatic heterocycles. The first kappa shape index (κ1) is 22.6. The van der Waals surface area contributed by atoms with Crippen LogP contribution < -0.4 is 10.1 Å². The summed E-state index contributed by atoms with van der Waals surface area (Å²) in [6, 6.07) is 14.7. The van der Waals surface area contributed by atoms with Gasteiger partial charge in [0.25, 0.3) is 5.91 Å². The number of allylic oxidation sites excluding steroid dienone is 1. The third kappa shape index (κ3) is 4.23. The summed E-state index contributed by atoms with van der Waals surface area (Å²) < 4.78 is 10.8. The number of methoxy groups -OCH3 is 1. The summed E-state index contributed by atoms with van der Waals surface area (Å²) in [5.41, 5.74) is 4.72. The van der Waals surface area contributed by atoms with Crippen LogP contribution in [0.5, 0.6) is 5.75 Å². The fourth-order valence-electron chi connectivity index (χ4n) is 4.58. The number of nitrogens with zero attached hydrogens (tertiary/aromatic N) is 2. The molecule has 3 aromatic rings. The van der Waals surface area contributed by atoms with Gasteiger partial charge in [0, 0.05) is 18.5 Å². The Morgan fingerprint density at radius 2 is 1.89 bits per heavy atom. The number of fused-ring (bicyclic) bond motifs is 2. The quantitative estimate of drug-likeness (QED) is 0.568. The summed E-state index contributed by atoms with van der Waals surface area (Å²) in [5.74, 6) is -0.349. The van der Waals surface area contributed by atoms with Crippen LogP contribution in [-0.4, -0.2) is 54.1 Å². The number of nitrogens with one attached hydrogen (secondary N) is 1. The number of benzene rings is 2. The van der Waals surface area contributed by atoms with Crippen LogP contribution in [0.3, 0.4) is 0 Å². The number of carbonyl (C=O) groups excluding carboxylic acids is 3. The number of esters is 1. The highest BCUT2D eigenvalue weighted by atomic mass is 16.5. The van der Waals surface area contributed by atoms with Crippen LogP contribution in [0.4, 0.5) is 4.79 Å². The van der Waals surface area contributed by atoms with Gasteiger partial charge in [0.2, 0.25) is 0 Å². The van der Waals surface area contributed by atoms with E-state index >= 15 is 0 Å². The molecule has 2 aromatic carbocycles. The van der Waals surface area contributed by atoms with Gasteiger partial charge in [-0.1, -0.05) is 30.3 Å². The number of aromatic nitrogens is 1. The number of pyridine rings is 1. The van der Waals surface area contributed by atoms with Crippen molar-refractivity contribution in [3.8, 4) is 5.75 Å². The molecule has 2 heterocycles. The number of hydrogen-bond acceptors (Lipinski definition) is 6. The topological polar surface area (TPSA) is 97.8 Å². The van der Waals surface area contributed by atoms with Crippen LogP contribution in [0.15, 0.2) is 48.5 Å². The number of urea groups is 1. The smallest absolute Gasteiger partial charge is 0.339 e. The SMILES string of the molecule is COc1ccc(/C=C2\CCc3c2nc2ccccc2c3C(=O)OC(C)C(=O)N2CCNC2=O)cc1. The van der Waals surface area contributed by atoms with Crippen molar-refractivity contribution in [2.24, 2.45) is 0 Å². The highest BCUT2D eigenvalue weighted by Gasteiger charge is 2.34. The van der Waals surface area contributed by atoms with Crippen LogP contribution in [-0.2, 0) is 16.0 Å². The summed E-state index contributed by atoms with van der Waals surface area (Å²) in [6.07, 6.45) is 2.34. The van der Waals surface area contributed by atoms with E-state index in [0.29, 0.717) is 29.4 Å². The first-order valence-electron chi connectivity index (χ1n) is 11.5. The molecule has 0 radical (unpaired) electrons. The fraction of sp³-hybridized carbons (Fsp3) is 0.259. The van der Waals surface area contributed by atoms with E-state index in [1.165, 1.54) is 6.92 Å². The van der Waals surface area contributed by atoms with E-state index in [0.717, 1.165) is 39.5 Å². The van der Waals surface area contributed by atoms with E-state index in [1.807, 2.05) is 48.5 Å². The number of rotatable bonds is 5. The zero-order valence-electron chi connectivity index (χ0n) is 19.5. The van der Waals surface area contributed by atoms with Crippen molar-refractivity contribution in [3.05, 3.63) is 70.9 Å². The van der Waals surface area contributed by atoms with E-state index < -0.39 is 24.0 Å². The maximum Gasteiger partial charge on any atom is 0.339 e. The second-order valence-corrected chi connectivity index (χ2v) is 8.54. The normalized spacial score (nSPS) is 16.8. The molecule has 35 heavy (non-hydrogen) atoms. The molecule has 8 nitrogen and oxygen atoms in total. The van der Waals surface area contributed by atoms with Crippen molar-refractivity contribution in [2.45, 2.75) is 25.9 Å². The lowest BCUT2D eigenvalue weighted by atomic mass is 10.0. The molecule has 1 atom stereocenters. The van der Waals surface area contributed by atoms with Gasteiger partial charge in [-0.2, -0.15) is 0 Å². The largest absolute Gasteiger partial charge is 0.497 e. The minimum atomic E-state index is -1.09. The van der Waals surface area contributed by atoms with Crippen molar-refractivity contribution in [3.63, 3.8) is 0 Å². The molecule has 1 N–H and O–H groups in total. The van der Waals surface area contributed by atoms with Gasteiger partial charge in [-0.05, 0) is 60.7 Å². The predicted octanol–water partition coefficient (Wildman–Crippen LogP) is 3.83.